The molecule has 25 heavy (non-hydrogen) atoms. The first kappa shape index (κ1) is 16.8. The Morgan fingerprint density at radius 2 is 2.16 bits per heavy atom. The molecule has 2 atom stereocenters. The predicted molar refractivity (Wildman–Crippen MR) is 91.0 cm³/mol. The average molecular weight is 344 g/mol. The number of nitrogens with one attached hydrogen (secondary N) is 2. The number of aliphatic carboxylic acids is 1. The molecule has 1 aromatic heterocycles. The molecule has 1 saturated carbocycles. The number of carboxylic acid groups (broad SMARTS) is 1. The number of carbonyl (C=O) groups excluding carboxylic acids is 1. The number of anilines is 1. The summed E-state index contributed by atoms with van der Waals surface area (Å²) in [6, 6.07) is 6.61. The van der Waals surface area contributed by atoms with Crippen molar-refractivity contribution in [1.82, 2.24) is 15.1 Å². The monoisotopic (exact) mass is 344 g/mol. The lowest BCUT2D eigenvalue weighted by atomic mass is 10.1. The Hall–Kier alpha value is -3.03. The summed E-state index contributed by atoms with van der Waals surface area (Å²) < 4.78 is 6.94. The van der Waals surface area contributed by atoms with Crippen LogP contribution in [0.2, 0.25) is 0 Å². The van der Waals surface area contributed by atoms with E-state index in [-0.39, 0.29) is 18.0 Å². The normalized spacial score (nSPS) is 19.4. The number of carbonyl (C=O) groups is 2. The molecule has 0 saturated heterocycles. The predicted octanol–water partition coefficient (Wildman–Crippen LogP) is 2.26. The van der Waals surface area contributed by atoms with Crippen molar-refractivity contribution in [3.8, 4) is 11.4 Å². The quantitative estimate of drug-likeness (QED) is 0.771. The van der Waals surface area contributed by atoms with Gasteiger partial charge >= 0.3 is 12.0 Å². The van der Waals surface area contributed by atoms with Gasteiger partial charge < -0.3 is 20.5 Å². The SMILES string of the molecule is COc1cc(NC(=O)N[C@@H]2CC[C@H](C(=O)O)C2)cc(-n2cccn2)c1. The van der Waals surface area contributed by atoms with Gasteiger partial charge in [-0.2, -0.15) is 5.10 Å². The van der Waals surface area contributed by atoms with Crippen molar-refractivity contribution < 1.29 is 19.4 Å². The number of carboxylic acids is 1. The Morgan fingerprint density at radius 3 is 2.80 bits per heavy atom. The van der Waals surface area contributed by atoms with Crippen LogP contribution in [0.3, 0.4) is 0 Å². The van der Waals surface area contributed by atoms with Crippen LogP contribution in [0.15, 0.2) is 36.7 Å². The number of hydrogen-bond donors (Lipinski definition) is 3. The molecule has 8 heteroatoms. The second-order valence-corrected chi connectivity index (χ2v) is 6.01. The second kappa shape index (κ2) is 7.25. The Bertz CT molecular complexity index is 760. The van der Waals surface area contributed by atoms with Crippen molar-refractivity contribution in [3.63, 3.8) is 0 Å². The zero-order valence-electron chi connectivity index (χ0n) is 13.8. The lowest BCUT2D eigenvalue weighted by Gasteiger charge is -2.15. The van der Waals surface area contributed by atoms with Gasteiger partial charge in [-0.15, -0.1) is 0 Å². The van der Waals surface area contributed by atoms with Gasteiger partial charge in [0.1, 0.15) is 5.75 Å². The minimum Gasteiger partial charge on any atom is -0.497 e. The molecule has 1 aliphatic rings. The van der Waals surface area contributed by atoms with Gasteiger partial charge in [-0.25, -0.2) is 9.48 Å². The molecule has 132 valence electrons. The molecule has 1 fully saturated rings. The van der Waals surface area contributed by atoms with E-state index in [1.807, 2.05) is 6.07 Å². The van der Waals surface area contributed by atoms with E-state index >= 15 is 0 Å². The lowest BCUT2D eigenvalue weighted by molar-refractivity contribution is -0.141. The van der Waals surface area contributed by atoms with Gasteiger partial charge in [0.25, 0.3) is 0 Å². The summed E-state index contributed by atoms with van der Waals surface area (Å²) in [7, 11) is 1.55. The molecule has 0 aliphatic heterocycles. The van der Waals surface area contributed by atoms with Crippen molar-refractivity contribution in [2.45, 2.75) is 25.3 Å². The van der Waals surface area contributed by atoms with Crippen LogP contribution in [-0.4, -0.2) is 40.0 Å². The van der Waals surface area contributed by atoms with E-state index in [0.717, 1.165) is 5.69 Å². The van der Waals surface area contributed by atoms with E-state index < -0.39 is 5.97 Å². The third-order valence-electron chi connectivity index (χ3n) is 4.27. The highest BCUT2D eigenvalue weighted by molar-refractivity contribution is 5.90. The van der Waals surface area contributed by atoms with Gasteiger partial charge in [0.05, 0.1) is 18.7 Å². The van der Waals surface area contributed by atoms with Gasteiger partial charge in [-0.1, -0.05) is 0 Å². The van der Waals surface area contributed by atoms with E-state index in [0.29, 0.717) is 30.7 Å². The van der Waals surface area contributed by atoms with E-state index in [4.69, 9.17) is 9.84 Å². The number of ether oxygens (including phenoxy) is 1. The Labute approximate surface area is 144 Å². The standard InChI is InChI=1S/C17H20N4O4/c1-25-15-9-13(8-14(10-15)21-6-2-5-18-21)20-17(24)19-12-4-3-11(7-12)16(22)23/h2,5-6,8-12H,3-4,7H2,1H3,(H,22,23)(H2,19,20,24)/t11-,12+/m0/s1. The highest BCUT2D eigenvalue weighted by Crippen LogP contribution is 2.26. The van der Waals surface area contributed by atoms with Crippen LogP contribution in [-0.2, 0) is 4.79 Å². The maximum atomic E-state index is 12.2. The molecule has 2 aromatic rings. The van der Waals surface area contributed by atoms with Crippen molar-refractivity contribution in [2.75, 3.05) is 12.4 Å². The van der Waals surface area contributed by atoms with Crippen LogP contribution in [0.25, 0.3) is 5.69 Å². The van der Waals surface area contributed by atoms with Crippen LogP contribution < -0.4 is 15.4 Å². The molecular formula is C17H20N4O4. The first-order chi connectivity index (χ1) is 12.0. The minimum atomic E-state index is -0.804. The number of methoxy groups -OCH3 is 1. The Balaban J connectivity index is 1.67. The van der Waals surface area contributed by atoms with Crippen LogP contribution in [0.1, 0.15) is 19.3 Å². The fraction of sp³-hybridized carbons (Fsp3) is 0.353. The Kier molecular flexibility index (Phi) is 4.87. The number of benzene rings is 1. The first-order valence-electron chi connectivity index (χ1n) is 8.04. The number of urea groups is 1. The van der Waals surface area contributed by atoms with Crippen molar-refractivity contribution in [2.24, 2.45) is 5.92 Å². The van der Waals surface area contributed by atoms with E-state index in [1.165, 1.54) is 0 Å². The topological polar surface area (TPSA) is 105 Å². The van der Waals surface area contributed by atoms with Crippen molar-refractivity contribution in [3.05, 3.63) is 36.7 Å². The molecule has 1 aliphatic carbocycles. The van der Waals surface area contributed by atoms with Crippen LogP contribution in [0.5, 0.6) is 5.75 Å². The van der Waals surface area contributed by atoms with Crippen molar-refractivity contribution in [1.29, 1.82) is 0 Å². The molecule has 3 rings (SSSR count). The maximum Gasteiger partial charge on any atom is 0.319 e. The number of amides is 2. The fourth-order valence-corrected chi connectivity index (χ4v) is 3.02. The zero-order chi connectivity index (χ0) is 17.8. The van der Waals surface area contributed by atoms with Gasteiger partial charge in [-0.3, -0.25) is 4.79 Å². The van der Waals surface area contributed by atoms with E-state index in [2.05, 4.69) is 15.7 Å². The third-order valence-corrected chi connectivity index (χ3v) is 4.27. The van der Waals surface area contributed by atoms with Crippen LogP contribution >= 0.6 is 0 Å². The molecule has 0 unspecified atom stereocenters. The lowest BCUT2D eigenvalue weighted by Crippen LogP contribution is -2.36. The molecule has 1 aromatic carbocycles. The zero-order valence-corrected chi connectivity index (χ0v) is 13.8. The van der Waals surface area contributed by atoms with Gasteiger partial charge in [0, 0.05) is 36.3 Å². The molecule has 0 spiro atoms. The minimum absolute atomic E-state index is 0.128. The summed E-state index contributed by atoms with van der Waals surface area (Å²) in [5, 5.41) is 18.8. The summed E-state index contributed by atoms with van der Waals surface area (Å²) in [6.07, 6.45) is 5.17. The van der Waals surface area contributed by atoms with Gasteiger partial charge in [-0.05, 0) is 31.4 Å². The molecule has 8 nitrogen and oxygen atoms in total. The molecule has 0 bridgehead atoms. The first-order valence-corrected chi connectivity index (χ1v) is 8.04. The van der Waals surface area contributed by atoms with Gasteiger partial charge in [0.15, 0.2) is 0 Å². The highest BCUT2D eigenvalue weighted by atomic mass is 16.5. The third kappa shape index (κ3) is 4.09. The maximum absolute atomic E-state index is 12.2. The van der Waals surface area contributed by atoms with E-state index in [1.54, 1.807) is 42.4 Å². The Morgan fingerprint density at radius 1 is 1.32 bits per heavy atom. The largest absolute Gasteiger partial charge is 0.497 e. The van der Waals surface area contributed by atoms with E-state index in [9.17, 15) is 9.59 Å². The fourth-order valence-electron chi connectivity index (χ4n) is 3.02. The highest BCUT2D eigenvalue weighted by Gasteiger charge is 2.30. The summed E-state index contributed by atoms with van der Waals surface area (Å²) in [5.41, 5.74) is 1.32. The molecule has 3 N–H and O–H groups in total. The van der Waals surface area contributed by atoms with Crippen molar-refractivity contribution >= 4 is 17.7 Å². The number of hydrogen-bond acceptors (Lipinski definition) is 4. The molecule has 1 heterocycles. The number of rotatable bonds is 5. The molecular weight excluding hydrogens is 324 g/mol. The summed E-state index contributed by atoms with van der Waals surface area (Å²) in [4.78, 5) is 23.2. The number of aromatic nitrogens is 2. The summed E-state index contributed by atoms with van der Waals surface area (Å²) >= 11 is 0. The molecule has 0 radical (unpaired) electrons. The molecule has 2 amide bonds. The van der Waals surface area contributed by atoms with Crippen LogP contribution in [0.4, 0.5) is 10.5 Å². The van der Waals surface area contributed by atoms with Crippen LogP contribution in [0, 0.1) is 5.92 Å². The number of nitrogens with zero attached hydrogens (tertiary/aromatic N) is 2. The second-order valence-electron chi connectivity index (χ2n) is 6.01. The summed E-state index contributed by atoms with van der Waals surface area (Å²) in [6.45, 7) is 0. The average Bonchev–Trinajstić information content (AvgIpc) is 3.26. The van der Waals surface area contributed by atoms with Gasteiger partial charge in [0.2, 0.25) is 0 Å². The summed E-state index contributed by atoms with van der Waals surface area (Å²) in [5.74, 6) is -0.593. The smallest absolute Gasteiger partial charge is 0.319 e.